The molecule has 1 saturated heterocycles. The molecule has 1 aliphatic heterocycles. The molecule has 7 nitrogen and oxygen atoms in total. The van der Waals surface area contributed by atoms with Gasteiger partial charge in [0.05, 0.1) is 19.8 Å². The third-order valence-corrected chi connectivity index (χ3v) is 3.42. The van der Waals surface area contributed by atoms with Gasteiger partial charge in [0.1, 0.15) is 11.5 Å². The van der Waals surface area contributed by atoms with Gasteiger partial charge in [-0.2, -0.15) is 0 Å². The number of para-hydroxylation sites is 1. The normalized spacial score (nSPS) is 16.7. The second-order valence-electron chi connectivity index (χ2n) is 5.32. The van der Waals surface area contributed by atoms with E-state index in [2.05, 4.69) is 10.6 Å². The van der Waals surface area contributed by atoms with Crippen LogP contribution in [0.3, 0.4) is 0 Å². The Balaban J connectivity index is 1.56. The minimum Gasteiger partial charge on any atom is -0.457 e. The molecule has 1 unspecified atom stereocenters. The van der Waals surface area contributed by atoms with E-state index in [1.54, 1.807) is 24.3 Å². The number of hydrogen-bond donors (Lipinski definition) is 2. The Morgan fingerprint density at radius 2 is 1.80 bits per heavy atom. The van der Waals surface area contributed by atoms with Crippen molar-refractivity contribution in [3.05, 3.63) is 54.6 Å². The highest BCUT2D eigenvalue weighted by molar-refractivity contribution is 6.02. The lowest BCUT2D eigenvalue weighted by Gasteiger charge is -2.21. The zero-order valence-electron chi connectivity index (χ0n) is 13.4. The van der Waals surface area contributed by atoms with E-state index in [4.69, 9.17) is 14.2 Å². The van der Waals surface area contributed by atoms with Crippen LogP contribution in [-0.2, 0) is 14.3 Å². The van der Waals surface area contributed by atoms with Crippen LogP contribution in [0.4, 0.5) is 10.5 Å². The molecule has 2 aromatic rings. The van der Waals surface area contributed by atoms with E-state index in [9.17, 15) is 9.59 Å². The number of anilines is 1. The molecular formula is C18H18N2O5. The monoisotopic (exact) mass is 342 g/mol. The Morgan fingerprint density at radius 3 is 2.56 bits per heavy atom. The quantitative estimate of drug-likeness (QED) is 0.892. The molecule has 1 atom stereocenters. The Kier molecular flexibility index (Phi) is 5.61. The average Bonchev–Trinajstić information content (AvgIpc) is 2.63. The summed E-state index contributed by atoms with van der Waals surface area (Å²) in [4.78, 5) is 23.9. The van der Waals surface area contributed by atoms with E-state index in [1.165, 1.54) is 0 Å². The van der Waals surface area contributed by atoms with Crippen LogP contribution in [0.1, 0.15) is 0 Å². The number of carbonyl (C=O) groups excluding carboxylic acids is 2. The fraction of sp³-hybridized carbons (Fsp3) is 0.222. The summed E-state index contributed by atoms with van der Waals surface area (Å²) in [5, 5.41) is 4.82. The number of imide groups is 1. The van der Waals surface area contributed by atoms with Crippen molar-refractivity contribution in [1.82, 2.24) is 5.32 Å². The van der Waals surface area contributed by atoms with Crippen LogP contribution in [0.5, 0.6) is 11.5 Å². The zero-order chi connectivity index (χ0) is 17.5. The van der Waals surface area contributed by atoms with Crippen LogP contribution in [0, 0.1) is 0 Å². The maximum Gasteiger partial charge on any atom is 0.325 e. The first-order chi connectivity index (χ1) is 12.2. The van der Waals surface area contributed by atoms with Crippen molar-refractivity contribution in [3.63, 3.8) is 0 Å². The molecule has 7 heteroatoms. The van der Waals surface area contributed by atoms with Crippen molar-refractivity contribution in [2.24, 2.45) is 0 Å². The van der Waals surface area contributed by atoms with Crippen LogP contribution in [0.15, 0.2) is 54.6 Å². The molecule has 25 heavy (non-hydrogen) atoms. The van der Waals surface area contributed by atoms with E-state index < -0.39 is 18.0 Å². The summed E-state index contributed by atoms with van der Waals surface area (Å²) in [5.74, 6) is 0.724. The summed E-state index contributed by atoms with van der Waals surface area (Å²) in [6.07, 6.45) is -0.771. The van der Waals surface area contributed by atoms with Crippen LogP contribution < -0.4 is 15.4 Å². The number of ether oxygens (including phenoxy) is 3. The number of carbonyl (C=O) groups is 2. The highest BCUT2D eigenvalue weighted by atomic mass is 16.6. The van der Waals surface area contributed by atoms with E-state index in [-0.39, 0.29) is 6.61 Å². The lowest BCUT2D eigenvalue weighted by Crippen LogP contribution is -2.46. The van der Waals surface area contributed by atoms with Gasteiger partial charge in [-0.15, -0.1) is 0 Å². The lowest BCUT2D eigenvalue weighted by atomic mass is 10.3. The second kappa shape index (κ2) is 8.27. The smallest absolute Gasteiger partial charge is 0.325 e. The molecule has 0 aliphatic carbocycles. The first-order valence-electron chi connectivity index (χ1n) is 7.85. The third-order valence-electron chi connectivity index (χ3n) is 3.42. The number of rotatable bonds is 4. The standard InChI is InChI=1S/C18H18N2O5/c21-17(16-12-23-9-10-24-16)20-18(22)19-13-5-4-8-15(11-13)25-14-6-2-1-3-7-14/h1-8,11,16H,9-10,12H2,(H2,19,20,21,22). The molecule has 0 spiro atoms. The van der Waals surface area contributed by atoms with Crippen molar-refractivity contribution < 1.29 is 23.8 Å². The fourth-order valence-corrected chi connectivity index (χ4v) is 2.26. The van der Waals surface area contributed by atoms with Crippen LogP contribution in [0.25, 0.3) is 0 Å². The fourth-order valence-electron chi connectivity index (χ4n) is 2.26. The van der Waals surface area contributed by atoms with E-state index >= 15 is 0 Å². The number of benzene rings is 2. The molecule has 130 valence electrons. The number of amides is 3. The molecule has 3 rings (SSSR count). The van der Waals surface area contributed by atoms with Crippen LogP contribution in [-0.4, -0.2) is 37.9 Å². The number of urea groups is 1. The van der Waals surface area contributed by atoms with Gasteiger partial charge in [0.25, 0.3) is 5.91 Å². The molecular weight excluding hydrogens is 324 g/mol. The summed E-state index contributed by atoms with van der Waals surface area (Å²) < 4.78 is 16.1. The summed E-state index contributed by atoms with van der Waals surface area (Å²) in [6, 6.07) is 15.5. The predicted molar refractivity (Wildman–Crippen MR) is 90.7 cm³/mol. The van der Waals surface area contributed by atoms with Gasteiger partial charge in [-0.25, -0.2) is 4.79 Å². The van der Waals surface area contributed by atoms with Crippen molar-refractivity contribution in [2.75, 3.05) is 25.1 Å². The molecule has 2 N–H and O–H groups in total. The lowest BCUT2D eigenvalue weighted by molar-refractivity contribution is -0.146. The van der Waals surface area contributed by atoms with Gasteiger partial charge in [-0.3, -0.25) is 10.1 Å². The Labute approximate surface area is 144 Å². The van der Waals surface area contributed by atoms with Gasteiger partial charge in [0.15, 0.2) is 6.10 Å². The van der Waals surface area contributed by atoms with Gasteiger partial charge in [0.2, 0.25) is 0 Å². The maximum absolute atomic E-state index is 12.0. The Bertz CT molecular complexity index is 729. The summed E-state index contributed by atoms with van der Waals surface area (Å²) in [6.45, 7) is 0.919. The van der Waals surface area contributed by atoms with Crippen molar-refractivity contribution in [2.45, 2.75) is 6.10 Å². The molecule has 0 radical (unpaired) electrons. The Morgan fingerprint density at radius 1 is 1.00 bits per heavy atom. The summed E-state index contributed by atoms with van der Waals surface area (Å²) in [5.41, 5.74) is 0.500. The van der Waals surface area contributed by atoms with Crippen LogP contribution in [0.2, 0.25) is 0 Å². The van der Waals surface area contributed by atoms with Crippen LogP contribution >= 0.6 is 0 Å². The first kappa shape index (κ1) is 16.9. The summed E-state index contributed by atoms with van der Waals surface area (Å²) in [7, 11) is 0. The van der Waals surface area contributed by atoms with Gasteiger partial charge in [0, 0.05) is 11.8 Å². The van der Waals surface area contributed by atoms with Gasteiger partial charge in [-0.05, 0) is 24.3 Å². The number of nitrogens with one attached hydrogen (secondary N) is 2. The van der Waals surface area contributed by atoms with E-state index in [1.807, 2.05) is 30.3 Å². The largest absolute Gasteiger partial charge is 0.457 e. The highest BCUT2D eigenvalue weighted by Gasteiger charge is 2.24. The van der Waals surface area contributed by atoms with E-state index in [0.717, 1.165) is 0 Å². The molecule has 3 amide bonds. The molecule has 1 aliphatic rings. The molecule has 2 aromatic carbocycles. The molecule has 0 aromatic heterocycles. The topological polar surface area (TPSA) is 85.9 Å². The molecule has 1 fully saturated rings. The van der Waals surface area contributed by atoms with Gasteiger partial charge < -0.3 is 19.5 Å². The van der Waals surface area contributed by atoms with Gasteiger partial charge >= 0.3 is 6.03 Å². The zero-order valence-corrected chi connectivity index (χ0v) is 13.4. The number of hydrogen-bond acceptors (Lipinski definition) is 5. The Hall–Kier alpha value is -2.90. The summed E-state index contributed by atoms with van der Waals surface area (Å²) >= 11 is 0. The second-order valence-corrected chi connectivity index (χ2v) is 5.32. The van der Waals surface area contributed by atoms with Crippen molar-refractivity contribution in [1.29, 1.82) is 0 Å². The highest BCUT2D eigenvalue weighted by Crippen LogP contribution is 2.23. The predicted octanol–water partition coefficient (Wildman–Crippen LogP) is 2.54. The van der Waals surface area contributed by atoms with Crippen molar-refractivity contribution >= 4 is 17.6 Å². The minimum atomic E-state index is -0.771. The van der Waals surface area contributed by atoms with Gasteiger partial charge in [-0.1, -0.05) is 24.3 Å². The molecule has 1 heterocycles. The molecule has 0 saturated carbocycles. The van der Waals surface area contributed by atoms with E-state index in [0.29, 0.717) is 30.4 Å². The SMILES string of the molecule is O=C(NC(=O)C1COCCO1)Nc1cccc(Oc2ccccc2)c1. The minimum absolute atomic E-state index is 0.138. The molecule has 0 bridgehead atoms. The third kappa shape index (κ3) is 5.03. The maximum atomic E-state index is 12.0. The van der Waals surface area contributed by atoms with Crippen molar-refractivity contribution in [3.8, 4) is 11.5 Å². The average molecular weight is 342 g/mol. The first-order valence-corrected chi connectivity index (χ1v) is 7.85.